The van der Waals surface area contributed by atoms with Gasteiger partial charge in [0.25, 0.3) is 0 Å². The fourth-order valence-electron chi connectivity index (χ4n) is 1.89. The molecule has 0 aromatic carbocycles. The molecule has 1 heterocycles. The molecule has 18 heavy (non-hydrogen) atoms. The molecule has 0 radical (unpaired) electrons. The normalized spacial score (nSPS) is 17.6. The molecule has 1 aliphatic heterocycles. The molecule has 0 aliphatic carbocycles. The van der Waals surface area contributed by atoms with E-state index in [1.54, 1.807) is 6.08 Å². The zero-order valence-electron chi connectivity index (χ0n) is 11.4. The fraction of sp³-hybridized carbons (Fsp3) is 0.667. The highest BCUT2D eigenvalue weighted by atomic mass is 16.5. The summed E-state index contributed by atoms with van der Waals surface area (Å²) in [7, 11) is 0. The molecule has 1 aliphatic rings. The number of unbranched alkanes of at least 4 members (excludes halogenated alkanes) is 2. The van der Waals surface area contributed by atoms with Crippen LogP contribution in [0.1, 0.15) is 39.0 Å². The Morgan fingerprint density at radius 3 is 2.83 bits per heavy atom. The Balaban J connectivity index is 2.08. The monoisotopic (exact) mass is 251 g/mol. The third-order valence-electron chi connectivity index (χ3n) is 3.12. The Labute approximate surface area is 110 Å². The quantitative estimate of drug-likeness (QED) is 0.429. The van der Waals surface area contributed by atoms with Gasteiger partial charge >= 0.3 is 0 Å². The minimum Gasteiger partial charge on any atom is -0.381 e. The molecule has 1 rings (SSSR count). The molecule has 0 bridgehead atoms. The first-order chi connectivity index (χ1) is 8.83. The van der Waals surface area contributed by atoms with Crippen molar-refractivity contribution in [3.8, 4) is 0 Å². The van der Waals surface area contributed by atoms with Crippen molar-refractivity contribution in [2.75, 3.05) is 19.8 Å². The number of ether oxygens (including phenoxy) is 1. The molecule has 1 saturated heterocycles. The zero-order chi connectivity index (χ0) is 13.1. The van der Waals surface area contributed by atoms with Crippen LogP contribution < -0.4 is 5.32 Å². The van der Waals surface area contributed by atoms with Crippen LogP contribution in [0.4, 0.5) is 0 Å². The molecule has 0 aromatic rings. The molecule has 3 heteroatoms. The van der Waals surface area contributed by atoms with Gasteiger partial charge < -0.3 is 10.1 Å². The van der Waals surface area contributed by atoms with Gasteiger partial charge in [0.15, 0.2) is 0 Å². The third-order valence-corrected chi connectivity index (χ3v) is 3.12. The lowest BCUT2D eigenvalue weighted by molar-refractivity contribution is -0.116. The maximum absolute atomic E-state index is 11.5. The Morgan fingerprint density at radius 1 is 1.33 bits per heavy atom. The summed E-state index contributed by atoms with van der Waals surface area (Å²) >= 11 is 0. The first-order valence-electron chi connectivity index (χ1n) is 7.01. The summed E-state index contributed by atoms with van der Waals surface area (Å²) in [4.78, 5) is 11.5. The summed E-state index contributed by atoms with van der Waals surface area (Å²) in [6, 6.07) is 0. The number of rotatable bonds is 7. The number of hydrogen-bond acceptors (Lipinski definition) is 2. The van der Waals surface area contributed by atoms with Crippen LogP contribution >= 0.6 is 0 Å². The first-order valence-corrected chi connectivity index (χ1v) is 7.01. The molecule has 0 aromatic heterocycles. The predicted molar refractivity (Wildman–Crippen MR) is 74.4 cm³/mol. The second-order valence-corrected chi connectivity index (χ2v) is 4.73. The lowest BCUT2D eigenvalue weighted by Crippen LogP contribution is -2.31. The molecule has 1 fully saturated rings. The van der Waals surface area contributed by atoms with E-state index in [9.17, 15) is 4.79 Å². The van der Waals surface area contributed by atoms with Crippen LogP contribution in [0.5, 0.6) is 0 Å². The Morgan fingerprint density at radius 2 is 2.11 bits per heavy atom. The van der Waals surface area contributed by atoms with E-state index in [0.29, 0.717) is 5.92 Å². The van der Waals surface area contributed by atoms with E-state index in [0.717, 1.165) is 39.0 Å². The molecule has 1 amide bonds. The van der Waals surface area contributed by atoms with Crippen molar-refractivity contribution in [3.63, 3.8) is 0 Å². The van der Waals surface area contributed by atoms with Crippen LogP contribution in [0.25, 0.3) is 0 Å². The van der Waals surface area contributed by atoms with Gasteiger partial charge in [0.2, 0.25) is 5.91 Å². The van der Waals surface area contributed by atoms with Crippen LogP contribution in [0.2, 0.25) is 0 Å². The Hall–Kier alpha value is -1.09. The lowest BCUT2D eigenvalue weighted by Gasteiger charge is -2.21. The van der Waals surface area contributed by atoms with E-state index in [-0.39, 0.29) is 5.91 Å². The van der Waals surface area contributed by atoms with Crippen LogP contribution in [0.3, 0.4) is 0 Å². The summed E-state index contributed by atoms with van der Waals surface area (Å²) in [6.07, 6.45) is 13.1. The van der Waals surface area contributed by atoms with Gasteiger partial charge in [-0.05, 0) is 25.2 Å². The Kier molecular flexibility index (Phi) is 8.23. The van der Waals surface area contributed by atoms with Crippen molar-refractivity contribution < 1.29 is 9.53 Å². The maximum atomic E-state index is 11.5. The summed E-state index contributed by atoms with van der Waals surface area (Å²) in [5.41, 5.74) is 0. The smallest absolute Gasteiger partial charge is 0.243 e. The molecule has 1 N–H and O–H groups in total. The number of amides is 1. The standard InChI is InChI=1S/C15H25NO2/c1-2-3-4-5-6-7-8-15(17)16-13-14-9-11-18-12-10-14/h5-8,14H,2-4,9-13H2,1H3,(H,16,17). The largest absolute Gasteiger partial charge is 0.381 e. The summed E-state index contributed by atoms with van der Waals surface area (Å²) in [5.74, 6) is 0.581. The van der Waals surface area contributed by atoms with Crippen LogP contribution in [-0.2, 0) is 9.53 Å². The van der Waals surface area contributed by atoms with Gasteiger partial charge in [-0.25, -0.2) is 0 Å². The van der Waals surface area contributed by atoms with Gasteiger partial charge in [0, 0.05) is 25.8 Å². The topological polar surface area (TPSA) is 38.3 Å². The maximum Gasteiger partial charge on any atom is 0.243 e. The van der Waals surface area contributed by atoms with E-state index in [2.05, 4.69) is 18.3 Å². The van der Waals surface area contributed by atoms with Crippen molar-refractivity contribution in [1.82, 2.24) is 5.32 Å². The number of carbonyl (C=O) groups is 1. The minimum absolute atomic E-state index is 0.00151. The van der Waals surface area contributed by atoms with Gasteiger partial charge in [-0.2, -0.15) is 0 Å². The summed E-state index contributed by atoms with van der Waals surface area (Å²) < 4.78 is 5.28. The van der Waals surface area contributed by atoms with E-state index in [1.807, 2.05) is 12.2 Å². The van der Waals surface area contributed by atoms with E-state index >= 15 is 0 Å². The second kappa shape index (κ2) is 9.89. The number of carbonyl (C=O) groups excluding carboxylic acids is 1. The molecular weight excluding hydrogens is 226 g/mol. The van der Waals surface area contributed by atoms with Gasteiger partial charge in [-0.3, -0.25) is 4.79 Å². The number of nitrogens with one attached hydrogen (secondary N) is 1. The highest BCUT2D eigenvalue weighted by Crippen LogP contribution is 2.12. The molecular formula is C15H25NO2. The Bertz CT molecular complexity index is 278. The van der Waals surface area contributed by atoms with Gasteiger partial charge in [0.05, 0.1) is 0 Å². The minimum atomic E-state index is 0.00151. The average Bonchev–Trinajstić information content (AvgIpc) is 2.41. The van der Waals surface area contributed by atoms with Gasteiger partial charge in [0.1, 0.15) is 0 Å². The molecule has 0 atom stereocenters. The lowest BCUT2D eigenvalue weighted by atomic mass is 10.0. The van der Waals surface area contributed by atoms with Gasteiger partial charge in [-0.15, -0.1) is 0 Å². The third kappa shape index (κ3) is 7.28. The van der Waals surface area contributed by atoms with Crippen molar-refractivity contribution in [3.05, 3.63) is 24.3 Å². The van der Waals surface area contributed by atoms with E-state index in [4.69, 9.17) is 4.74 Å². The first kappa shape index (κ1) is 15.0. The van der Waals surface area contributed by atoms with Crippen LogP contribution in [-0.4, -0.2) is 25.7 Å². The van der Waals surface area contributed by atoms with Crippen LogP contribution in [0.15, 0.2) is 24.3 Å². The molecule has 0 unspecified atom stereocenters. The SMILES string of the molecule is CCCCC=CC=CC(=O)NCC1CCOCC1. The molecule has 0 saturated carbocycles. The van der Waals surface area contributed by atoms with E-state index < -0.39 is 0 Å². The average molecular weight is 251 g/mol. The van der Waals surface area contributed by atoms with Gasteiger partial charge in [-0.1, -0.05) is 38.0 Å². The molecule has 3 nitrogen and oxygen atoms in total. The van der Waals surface area contributed by atoms with E-state index in [1.165, 1.54) is 12.8 Å². The molecule has 102 valence electrons. The number of allylic oxidation sites excluding steroid dienone is 3. The highest BCUT2D eigenvalue weighted by Gasteiger charge is 2.13. The highest BCUT2D eigenvalue weighted by molar-refractivity contribution is 5.87. The van der Waals surface area contributed by atoms with Crippen molar-refractivity contribution in [1.29, 1.82) is 0 Å². The zero-order valence-corrected chi connectivity index (χ0v) is 11.4. The van der Waals surface area contributed by atoms with Crippen molar-refractivity contribution in [2.24, 2.45) is 5.92 Å². The van der Waals surface area contributed by atoms with Crippen molar-refractivity contribution in [2.45, 2.75) is 39.0 Å². The summed E-state index contributed by atoms with van der Waals surface area (Å²) in [5, 5.41) is 2.94. The van der Waals surface area contributed by atoms with Crippen LogP contribution in [0, 0.1) is 5.92 Å². The predicted octanol–water partition coefficient (Wildman–Crippen LogP) is 2.83. The van der Waals surface area contributed by atoms with Crippen molar-refractivity contribution >= 4 is 5.91 Å². The number of hydrogen-bond donors (Lipinski definition) is 1. The summed E-state index contributed by atoms with van der Waals surface area (Å²) in [6.45, 7) is 4.60. The second-order valence-electron chi connectivity index (χ2n) is 4.73. The molecule has 0 spiro atoms. The fourth-order valence-corrected chi connectivity index (χ4v) is 1.89.